The minimum Gasteiger partial charge on any atom is -0.464 e. The second-order valence-electron chi connectivity index (χ2n) is 8.77. The average Bonchev–Trinajstić information content (AvgIpc) is 3.52. The van der Waals surface area contributed by atoms with Crippen LogP contribution >= 0.6 is 11.3 Å². The molecule has 0 radical (unpaired) electrons. The van der Waals surface area contributed by atoms with E-state index in [2.05, 4.69) is 24.5 Å². The maximum atomic E-state index is 13.4. The van der Waals surface area contributed by atoms with E-state index >= 15 is 0 Å². The first kappa shape index (κ1) is 24.0. The van der Waals surface area contributed by atoms with E-state index in [9.17, 15) is 14.4 Å². The van der Waals surface area contributed by atoms with Crippen LogP contribution in [0.15, 0.2) is 34.1 Å². The number of nitrogens with zero attached hydrogens (tertiary/aromatic N) is 1. The van der Waals surface area contributed by atoms with Gasteiger partial charge in [-0.1, -0.05) is 32.8 Å². The number of furan rings is 1. The number of rotatable bonds is 10. The summed E-state index contributed by atoms with van der Waals surface area (Å²) < 4.78 is 5.81. The summed E-state index contributed by atoms with van der Waals surface area (Å²) >= 11 is 1.32. The molecule has 0 aliphatic heterocycles. The Hall–Kier alpha value is -2.61. The largest absolute Gasteiger partial charge is 0.464 e. The van der Waals surface area contributed by atoms with Crippen molar-refractivity contribution in [3.05, 3.63) is 46.0 Å². The highest BCUT2D eigenvalue weighted by molar-refractivity contribution is 7.12. The van der Waals surface area contributed by atoms with Crippen molar-refractivity contribution in [2.45, 2.75) is 65.0 Å². The maximum absolute atomic E-state index is 13.4. The summed E-state index contributed by atoms with van der Waals surface area (Å²) in [7, 11) is 0. The molecule has 2 aromatic rings. The molecule has 0 saturated heterocycles. The molecule has 8 heteroatoms. The number of hydrogen-bond donors (Lipinski definition) is 2. The Morgan fingerprint density at radius 2 is 1.94 bits per heavy atom. The zero-order chi connectivity index (χ0) is 23.1. The lowest BCUT2D eigenvalue weighted by atomic mass is 10.1. The summed E-state index contributed by atoms with van der Waals surface area (Å²) in [5.74, 6) is 0.644. The van der Waals surface area contributed by atoms with Gasteiger partial charge in [0, 0.05) is 12.6 Å². The summed E-state index contributed by atoms with van der Waals surface area (Å²) in [4.78, 5) is 41.1. The molecule has 32 heavy (non-hydrogen) atoms. The molecule has 0 bridgehead atoms. The first-order valence-corrected chi connectivity index (χ1v) is 12.2. The molecule has 1 saturated carbocycles. The number of aryl methyl sites for hydroxylation is 1. The lowest BCUT2D eigenvalue weighted by Crippen LogP contribution is -2.49. The van der Waals surface area contributed by atoms with E-state index in [1.807, 2.05) is 12.3 Å². The Morgan fingerprint density at radius 3 is 2.53 bits per heavy atom. The van der Waals surface area contributed by atoms with E-state index in [1.54, 1.807) is 29.2 Å². The molecule has 174 valence electrons. The van der Waals surface area contributed by atoms with Gasteiger partial charge in [0.2, 0.25) is 5.91 Å². The predicted molar refractivity (Wildman–Crippen MR) is 124 cm³/mol. The van der Waals surface area contributed by atoms with E-state index in [0.29, 0.717) is 28.9 Å². The predicted octanol–water partition coefficient (Wildman–Crippen LogP) is 4.05. The van der Waals surface area contributed by atoms with Crippen LogP contribution in [0.1, 0.15) is 73.2 Å². The molecule has 1 aliphatic carbocycles. The van der Waals surface area contributed by atoms with Crippen LogP contribution in [0.4, 0.5) is 0 Å². The normalized spacial score (nSPS) is 15.0. The smallest absolute Gasteiger partial charge is 0.261 e. The molecule has 2 heterocycles. The fourth-order valence-electron chi connectivity index (χ4n) is 3.92. The number of hydrogen-bond acceptors (Lipinski definition) is 5. The van der Waals surface area contributed by atoms with Crippen LogP contribution in [0.2, 0.25) is 0 Å². The topological polar surface area (TPSA) is 91.7 Å². The molecule has 3 rings (SSSR count). The molecule has 0 unspecified atom stereocenters. The fourth-order valence-corrected chi connectivity index (χ4v) is 4.56. The van der Waals surface area contributed by atoms with Crippen LogP contribution in [0, 0.1) is 12.8 Å². The SMILES string of the molecule is Cc1ccc([C@H](C(=O)NC2CCCC2)N(CCC(C)C)C(=O)CNC(=O)c2cccs2)o1. The third kappa shape index (κ3) is 6.45. The lowest BCUT2D eigenvalue weighted by Gasteiger charge is -2.31. The van der Waals surface area contributed by atoms with Gasteiger partial charge in [0.15, 0.2) is 6.04 Å². The average molecular weight is 460 g/mol. The molecular weight excluding hydrogens is 426 g/mol. The Kier molecular flexibility index (Phi) is 8.50. The van der Waals surface area contributed by atoms with E-state index < -0.39 is 6.04 Å². The third-order valence-corrected chi connectivity index (χ3v) is 6.57. The van der Waals surface area contributed by atoms with Gasteiger partial charge in [0.1, 0.15) is 11.5 Å². The van der Waals surface area contributed by atoms with Crippen molar-refractivity contribution in [3.8, 4) is 0 Å². The Balaban J connectivity index is 1.80. The fraction of sp³-hybridized carbons (Fsp3) is 0.542. The van der Waals surface area contributed by atoms with Crippen molar-refractivity contribution >= 4 is 29.1 Å². The minimum atomic E-state index is -0.866. The molecule has 3 amide bonds. The van der Waals surface area contributed by atoms with Gasteiger partial charge in [0.05, 0.1) is 11.4 Å². The van der Waals surface area contributed by atoms with Gasteiger partial charge in [-0.2, -0.15) is 0 Å². The van der Waals surface area contributed by atoms with Crippen LogP contribution in [-0.4, -0.2) is 41.8 Å². The van der Waals surface area contributed by atoms with Crippen molar-refractivity contribution in [1.29, 1.82) is 0 Å². The highest BCUT2D eigenvalue weighted by Crippen LogP contribution is 2.26. The molecule has 1 fully saturated rings. The Morgan fingerprint density at radius 1 is 1.19 bits per heavy atom. The van der Waals surface area contributed by atoms with Gasteiger partial charge in [-0.25, -0.2) is 0 Å². The van der Waals surface area contributed by atoms with Gasteiger partial charge in [-0.15, -0.1) is 11.3 Å². The molecule has 2 aromatic heterocycles. The van der Waals surface area contributed by atoms with Gasteiger partial charge >= 0.3 is 0 Å². The van der Waals surface area contributed by atoms with Crippen LogP contribution in [0.3, 0.4) is 0 Å². The van der Waals surface area contributed by atoms with Gasteiger partial charge in [-0.05, 0) is 55.7 Å². The standard InChI is InChI=1S/C24H33N3O4S/c1-16(2)12-13-27(21(28)15-25-23(29)20-9-6-14-32-20)22(19-11-10-17(3)31-19)24(30)26-18-7-4-5-8-18/h6,9-11,14,16,18,22H,4-5,7-8,12-13,15H2,1-3H3,(H,25,29)(H,26,30)/t22-/m1/s1. The summed E-state index contributed by atoms with van der Waals surface area (Å²) in [5, 5.41) is 7.63. The summed E-state index contributed by atoms with van der Waals surface area (Å²) in [6.07, 6.45) is 4.83. The van der Waals surface area contributed by atoms with E-state index in [-0.39, 0.29) is 30.3 Å². The summed E-state index contributed by atoms with van der Waals surface area (Å²) in [5.41, 5.74) is 0. The van der Waals surface area contributed by atoms with Gasteiger partial charge in [0.25, 0.3) is 11.8 Å². The number of carbonyl (C=O) groups is 3. The minimum absolute atomic E-state index is 0.127. The first-order valence-electron chi connectivity index (χ1n) is 11.3. The molecule has 0 spiro atoms. The van der Waals surface area contributed by atoms with Crippen LogP contribution < -0.4 is 10.6 Å². The number of carbonyl (C=O) groups excluding carboxylic acids is 3. The van der Waals surface area contributed by atoms with Crippen molar-refractivity contribution < 1.29 is 18.8 Å². The van der Waals surface area contributed by atoms with E-state index in [0.717, 1.165) is 32.1 Å². The second kappa shape index (κ2) is 11.3. The van der Waals surface area contributed by atoms with Crippen LogP contribution in [-0.2, 0) is 9.59 Å². The van der Waals surface area contributed by atoms with Crippen molar-refractivity contribution in [2.75, 3.05) is 13.1 Å². The highest BCUT2D eigenvalue weighted by Gasteiger charge is 2.35. The summed E-state index contributed by atoms with van der Waals surface area (Å²) in [6, 6.07) is 6.32. The molecule has 1 aliphatic rings. The van der Waals surface area contributed by atoms with Gasteiger partial charge in [-0.3, -0.25) is 14.4 Å². The zero-order valence-electron chi connectivity index (χ0n) is 19.1. The molecular formula is C24H33N3O4S. The van der Waals surface area contributed by atoms with Gasteiger partial charge < -0.3 is 20.0 Å². The molecule has 0 aromatic carbocycles. The third-order valence-electron chi connectivity index (χ3n) is 5.71. The van der Waals surface area contributed by atoms with Crippen molar-refractivity contribution in [3.63, 3.8) is 0 Å². The number of thiophene rings is 1. The Bertz CT molecular complexity index is 900. The van der Waals surface area contributed by atoms with Crippen LogP contribution in [0.25, 0.3) is 0 Å². The highest BCUT2D eigenvalue weighted by atomic mass is 32.1. The molecule has 2 N–H and O–H groups in total. The summed E-state index contributed by atoms with van der Waals surface area (Å²) in [6.45, 7) is 6.18. The molecule has 1 atom stereocenters. The molecule has 7 nitrogen and oxygen atoms in total. The zero-order valence-corrected chi connectivity index (χ0v) is 19.9. The van der Waals surface area contributed by atoms with E-state index in [4.69, 9.17) is 4.42 Å². The monoisotopic (exact) mass is 459 g/mol. The van der Waals surface area contributed by atoms with Crippen LogP contribution in [0.5, 0.6) is 0 Å². The lowest BCUT2D eigenvalue weighted by molar-refractivity contribution is -0.141. The quantitative estimate of drug-likeness (QED) is 0.561. The Labute approximate surface area is 193 Å². The second-order valence-corrected chi connectivity index (χ2v) is 9.72. The number of amides is 3. The van der Waals surface area contributed by atoms with Crippen molar-refractivity contribution in [2.24, 2.45) is 5.92 Å². The number of nitrogens with one attached hydrogen (secondary N) is 2. The van der Waals surface area contributed by atoms with Crippen molar-refractivity contribution in [1.82, 2.24) is 15.5 Å². The maximum Gasteiger partial charge on any atom is 0.261 e. The van der Waals surface area contributed by atoms with E-state index in [1.165, 1.54) is 11.3 Å². The first-order chi connectivity index (χ1) is 15.3.